The lowest BCUT2D eigenvalue weighted by Gasteiger charge is -2.02. The number of nitrogens with zero attached hydrogens (tertiary/aromatic N) is 3. The Balaban J connectivity index is 1.95. The number of carbonyl (C=O) groups is 1. The minimum atomic E-state index is -0.183. The molecule has 0 spiro atoms. The van der Waals surface area contributed by atoms with Gasteiger partial charge in [0.2, 0.25) is 0 Å². The predicted molar refractivity (Wildman–Crippen MR) is 60.1 cm³/mol. The van der Waals surface area contributed by atoms with E-state index in [0.717, 1.165) is 5.69 Å². The Kier molecular flexibility index (Phi) is 3.21. The third-order valence-electron chi connectivity index (χ3n) is 1.93. The number of carbonyl (C=O) groups excluding carboxylic acids is 1. The quantitative estimate of drug-likeness (QED) is 0.865. The van der Waals surface area contributed by atoms with Crippen molar-refractivity contribution in [1.82, 2.24) is 20.3 Å². The molecule has 6 heteroatoms. The second kappa shape index (κ2) is 4.80. The molecule has 82 valence electrons. The highest BCUT2D eigenvalue weighted by molar-refractivity contribution is 7.07. The molecule has 0 aromatic carbocycles. The summed E-state index contributed by atoms with van der Waals surface area (Å²) in [5.41, 5.74) is 2.86. The highest BCUT2D eigenvalue weighted by Crippen LogP contribution is 2.01. The molecule has 2 aromatic rings. The lowest BCUT2D eigenvalue weighted by molar-refractivity contribution is 0.0946. The number of amides is 1. The summed E-state index contributed by atoms with van der Waals surface area (Å²) in [4.78, 5) is 23.6. The number of hydrogen-bond donors (Lipinski definition) is 1. The van der Waals surface area contributed by atoms with E-state index < -0.39 is 0 Å². The van der Waals surface area contributed by atoms with E-state index in [1.165, 1.54) is 11.3 Å². The number of hydrogen-bond acceptors (Lipinski definition) is 5. The summed E-state index contributed by atoms with van der Waals surface area (Å²) in [6.07, 6.45) is 1.67. The van der Waals surface area contributed by atoms with Gasteiger partial charge in [-0.3, -0.25) is 4.79 Å². The minimum Gasteiger partial charge on any atom is -0.345 e. The fourth-order valence-electron chi connectivity index (χ4n) is 1.19. The maximum atomic E-state index is 11.6. The minimum absolute atomic E-state index is 0.183. The maximum absolute atomic E-state index is 11.6. The van der Waals surface area contributed by atoms with Crippen LogP contribution in [0.25, 0.3) is 0 Å². The predicted octanol–water partition coefficient (Wildman–Crippen LogP) is 1.17. The summed E-state index contributed by atoms with van der Waals surface area (Å²) in [5, 5.41) is 4.45. The van der Waals surface area contributed by atoms with Crippen molar-refractivity contribution in [2.75, 3.05) is 0 Å². The monoisotopic (exact) mass is 234 g/mol. The molecule has 2 rings (SSSR count). The van der Waals surface area contributed by atoms with E-state index in [1.54, 1.807) is 23.2 Å². The average Bonchev–Trinajstić information content (AvgIpc) is 2.79. The van der Waals surface area contributed by atoms with E-state index >= 15 is 0 Å². The Bertz CT molecular complexity index is 483. The molecule has 1 N–H and O–H groups in total. The number of aromatic nitrogens is 3. The molecule has 1 amide bonds. The molecule has 2 heterocycles. The summed E-state index contributed by atoms with van der Waals surface area (Å²) in [5.74, 6) is 0.512. The molecule has 0 fully saturated rings. The molecule has 5 nitrogen and oxygen atoms in total. The van der Waals surface area contributed by atoms with Crippen molar-refractivity contribution in [3.63, 3.8) is 0 Å². The van der Waals surface area contributed by atoms with Crippen molar-refractivity contribution in [3.8, 4) is 0 Å². The summed E-state index contributed by atoms with van der Waals surface area (Å²) < 4.78 is 0. The molecule has 2 aromatic heterocycles. The van der Waals surface area contributed by atoms with Crippen molar-refractivity contribution in [1.29, 1.82) is 0 Å². The van der Waals surface area contributed by atoms with Crippen LogP contribution in [-0.2, 0) is 6.54 Å². The van der Waals surface area contributed by atoms with Crippen LogP contribution in [0, 0.1) is 6.92 Å². The van der Waals surface area contributed by atoms with Gasteiger partial charge >= 0.3 is 0 Å². The number of thiazole rings is 1. The van der Waals surface area contributed by atoms with E-state index in [1.807, 2.05) is 6.92 Å². The second-order valence-corrected chi connectivity index (χ2v) is 3.87. The highest BCUT2D eigenvalue weighted by Gasteiger charge is 2.06. The van der Waals surface area contributed by atoms with Crippen LogP contribution < -0.4 is 5.32 Å². The van der Waals surface area contributed by atoms with Gasteiger partial charge in [-0.2, -0.15) is 0 Å². The first-order chi connectivity index (χ1) is 7.75. The molecular formula is C10H10N4OS. The molecule has 0 saturated heterocycles. The fraction of sp³-hybridized carbons (Fsp3) is 0.200. The zero-order chi connectivity index (χ0) is 11.4. The molecule has 0 unspecified atom stereocenters. The first-order valence-electron chi connectivity index (χ1n) is 4.70. The van der Waals surface area contributed by atoms with Crippen molar-refractivity contribution < 1.29 is 4.79 Å². The smallest absolute Gasteiger partial charge is 0.271 e. The van der Waals surface area contributed by atoms with Crippen LogP contribution in [-0.4, -0.2) is 20.9 Å². The Morgan fingerprint density at radius 3 is 3.06 bits per heavy atom. The van der Waals surface area contributed by atoms with Gasteiger partial charge in [0.15, 0.2) is 0 Å². The van der Waals surface area contributed by atoms with Gasteiger partial charge in [-0.25, -0.2) is 15.0 Å². The SMILES string of the molecule is Cc1nccc(CNC(=O)c2cscn2)n1. The molecule has 0 atom stereocenters. The van der Waals surface area contributed by atoms with Crippen LogP contribution in [0.3, 0.4) is 0 Å². The van der Waals surface area contributed by atoms with Crippen LogP contribution in [0.5, 0.6) is 0 Å². The summed E-state index contributed by atoms with van der Waals surface area (Å²) in [6, 6.07) is 1.77. The van der Waals surface area contributed by atoms with E-state index in [9.17, 15) is 4.79 Å². The Hall–Kier alpha value is -1.82. The van der Waals surface area contributed by atoms with Gasteiger partial charge in [-0.1, -0.05) is 0 Å². The van der Waals surface area contributed by atoms with Gasteiger partial charge in [0.25, 0.3) is 5.91 Å². The van der Waals surface area contributed by atoms with E-state index in [-0.39, 0.29) is 5.91 Å². The fourth-order valence-corrected chi connectivity index (χ4v) is 1.72. The Labute approximate surface area is 96.6 Å². The molecule has 0 saturated carbocycles. The van der Waals surface area contributed by atoms with Gasteiger partial charge in [0.05, 0.1) is 17.7 Å². The van der Waals surface area contributed by atoms with Crippen molar-refractivity contribution >= 4 is 17.2 Å². The topological polar surface area (TPSA) is 67.8 Å². The number of nitrogens with one attached hydrogen (secondary N) is 1. The normalized spacial score (nSPS) is 10.1. The maximum Gasteiger partial charge on any atom is 0.271 e. The zero-order valence-corrected chi connectivity index (χ0v) is 9.49. The first kappa shape index (κ1) is 10.7. The third kappa shape index (κ3) is 2.60. The second-order valence-electron chi connectivity index (χ2n) is 3.15. The summed E-state index contributed by atoms with van der Waals surface area (Å²) >= 11 is 1.39. The summed E-state index contributed by atoms with van der Waals surface area (Å²) in [6.45, 7) is 2.20. The van der Waals surface area contributed by atoms with Crippen LogP contribution >= 0.6 is 11.3 Å². The van der Waals surface area contributed by atoms with Crippen LogP contribution in [0.4, 0.5) is 0 Å². The highest BCUT2D eigenvalue weighted by atomic mass is 32.1. The average molecular weight is 234 g/mol. The van der Waals surface area contributed by atoms with E-state index in [0.29, 0.717) is 18.1 Å². The number of rotatable bonds is 3. The molecule has 0 bridgehead atoms. The Morgan fingerprint density at radius 2 is 2.38 bits per heavy atom. The molecule has 0 aliphatic carbocycles. The van der Waals surface area contributed by atoms with Gasteiger partial charge < -0.3 is 5.32 Å². The molecule has 0 radical (unpaired) electrons. The third-order valence-corrected chi connectivity index (χ3v) is 2.52. The lowest BCUT2D eigenvalue weighted by atomic mass is 10.3. The molecular weight excluding hydrogens is 224 g/mol. The van der Waals surface area contributed by atoms with Gasteiger partial charge in [-0.15, -0.1) is 11.3 Å². The van der Waals surface area contributed by atoms with Gasteiger partial charge in [-0.05, 0) is 13.0 Å². The largest absolute Gasteiger partial charge is 0.345 e. The Morgan fingerprint density at radius 1 is 1.50 bits per heavy atom. The van der Waals surface area contributed by atoms with Crippen LogP contribution in [0.1, 0.15) is 22.0 Å². The van der Waals surface area contributed by atoms with Gasteiger partial charge in [0.1, 0.15) is 11.5 Å². The first-order valence-corrected chi connectivity index (χ1v) is 5.65. The summed E-state index contributed by atoms with van der Waals surface area (Å²) in [7, 11) is 0. The van der Waals surface area contributed by atoms with Crippen molar-refractivity contribution in [2.45, 2.75) is 13.5 Å². The molecule has 16 heavy (non-hydrogen) atoms. The van der Waals surface area contributed by atoms with Gasteiger partial charge in [0, 0.05) is 11.6 Å². The van der Waals surface area contributed by atoms with E-state index in [2.05, 4.69) is 20.3 Å². The molecule has 0 aliphatic rings. The van der Waals surface area contributed by atoms with Crippen LogP contribution in [0.15, 0.2) is 23.2 Å². The zero-order valence-electron chi connectivity index (χ0n) is 8.67. The molecule has 0 aliphatic heterocycles. The van der Waals surface area contributed by atoms with Crippen molar-refractivity contribution in [3.05, 3.63) is 40.4 Å². The van der Waals surface area contributed by atoms with E-state index in [4.69, 9.17) is 0 Å². The van der Waals surface area contributed by atoms with Crippen molar-refractivity contribution in [2.24, 2.45) is 0 Å². The number of aryl methyl sites for hydroxylation is 1. The van der Waals surface area contributed by atoms with Crippen LogP contribution in [0.2, 0.25) is 0 Å². The standard InChI is InChI=1S/C10H10N4OS/c1-7-11-3-2-8(14-7)4-12-10(15)9-5-16-6-13-9/h2-3,5-6H,4H2,1H3,(H,12,15). The lowest BCUT2D eigenvalue weighted by Crippen LogP contribution is -2.23.